The van der Waals surface area contributed by atoms with Crippen molar-refractivity contribution in [1.82, 2.24) is 5.32 Å². The molecule has 5 heteroatoms. The monoisotopic (exact) mass is 300 g/mol. The molecule has 1 aliphatic rings. The van der Waals surface area contributed by atoms with E-state index in [0.29, 0.717) is 6.54 Å². The van der Waals surface area contributed by atoms with Gasteiger partial charge in [-0.05, 0) is 55.9 Å². The first kappa shape index (κ1) is 16.9. The lowest BCUT2D eigenvalue weighted by Crippen LogP contribution is -2.32. The summed E-state index contributed by atoms with van der Waals surface area (Å²) < 4.78 is 13.0. The minimum atomic E-state index is -0.217. The summed E-state index contributed by atoms with van der Waals surface area (Å²) in [5.41, 5.74) is 7.80. The number of amides is 1. The number of carbonyl (C=O) groups is 1. The SMILES string of the molecule is Cc1cc(F)ccc1CCNC(=O)C1CCC(N)C1.Cl. The minimum Gasteiger partial charge on any atom is -0.356 e. The van der Waals surface area contributed by atoms with Crippen molar-refractivity contribution >= 4 is 18.3 Å². The predicted octanol–water partition coefficient (Wildman–Crippen LogP) is 2.34. The molecule has 1 aromatic rings. The van der Waals surface area contributed by atoms with E-state index in [2.05, 4.69) is 5.32 Å². The van der Waals surface area contributed by atoms with Crippen LogP contribution in [0.1, 0.15) is 30.4 Å². The molecule has 0 spiro atoms. The number of halogens is 2. The molecule has 2 rings (SSSR count). The summed E-state index contributed by atoms with van der Waals surface area (Å²) in [5, 5.41) is 2.95. The van der Waals surface area contributed by atoms with Gasteiger partial charge < -0.3 is 11.1 Å². The number of carbonyl (C=O) groups excluding carboxylic acids is 1. The summed E-state index contributed by atoms with van der Waals surface area (Å²) in [6, 6.07) is 4.94. The van der Waals surface area contributed by atoms with Gasteiger partial charge in [0.25, 0.3) is 0 Å². The van der Waals surface area contributed by atoms with Crippen molar-refractivity contribution in [3.63, 3.8) is 0 Å². The topological polar surface area (TPSA) is 55.1 Å². The van der Waals surface area contributed by atoms with E-state index >= 15 is 0 Å². The number of benzene rings is 1. The van der Waals surface area contributed by atoms with Crippen LogP contribution in [-0.4, -0.2) is 18.5 Å². The lowest BCUT2D eigenvalue weighted by atomic mass is 10.0. The van der Waals surface area contributed by atoms with Gasteiger partial charge in [0, 0.05) is 18.5 Å². The van der Waals surface area contributed by atoms with Crippen LogP contribution < -0.4 is 11.1 Å². The lowest BCUT2D eigenvalue weighted by molar-refractivity contribution is -0.124. The van der Waals surface area contributed by atoms with Gasteiger partial charge in [-0.2, -0.15) is 0 Å². The van der Waals surface area contributed by atoms with Crippen LogP contribution in [0.3, 0.4) is 0 Å². The molecule has 2 unspecified atom stereocenters. The Kier molecular flexibility index (Phi) is 6.43. The average Bonchev–Trinajstić information content (AvgIpc) is 2.78. The summed E-state index contributed by atoms with van der Waals surface area (Å²) in [6.45, 7) is 2.48. The molecule has 0 saturated heterocycles. The third-order valence-corrected chi connectivity index (χ3v) is 3.84. The quantitative estimate of drug-likeness (QED) is 0.897. The summed E-state index contributed by atoms with van der Waals surface area (Å²) in [4.78, 5) is 11.9. The van der Waals surface area contributed by atoms with Crippen molar-refractivity contribution in [3.05, 3.63) is 35.1 Å². The van der Waals surface area contributed by atoms with Crippen LogP contribution in [0, 0.1) is 18.7 Å². The highest BCUT2D eigenvalue weighted by molar-refractivity contribution is 5.85. The van der Waals surface area contributed by atoms with E-state index in [9.17, 15) is 9.18 Å². The molecule has 3 N–H and O–H groups in total. The van der Waals surface area contributed by atoms with Crippen molar-refractivity contribution in [2.75, 3.05) is 6.54 Å². The molecule has 0 heterocycles. The molecular formula is C15H22ClFN2O. The number of aryl methyl sites for hydroxylation is 1. The Morgan fingerprint density at radius 3 is 2.80 bits per heavy atom. The summed E-state index contributed by atoms with van der Waals surface area (Å²) in [6.07, 6.45) is 3.36. The smallest absolute Gasteiger partial charge is 0.223 e. The number of nitrogens with one attached hydrogen (secondary N) is 1. The fourth-order valence-corrected chi connectivity index (χ4v) is 2.66. The van der Waals surface area contributed by atoms with Crippen LogP contribution in [0.25, 0.3) is 0 Å². The van der Waals surface area contributed by atoms with Gasteiger partial charge in [-0.3, -0.25) is 4.79 Å². The number of hydrogen-bond donors (Lipinski definition) is 2. The van der Waals surface area contributed by atoms with Gasteiger partial charge in [0.2, 0.25) is 5.91 Å². The Hall–Kier alpha value is -1.13. The zero-order valence-electron chi connectivity index (χ0n) is 11.7. The zero-order chi connectivity index (χ0) is 13.8. The maximum atomic E-state index is 13.0. The Labute approximate surface area is 125 Å². The second-order valence-corrected chi connectivity index (χ2v) is 5.38. The van der Waals surface area contributed by atoms with Crippen LogP contribution in [-0.2, 0) is 11.2 Å². The highest BCUT2D eigenvalue weighted by Crippen LogP contribution is 2.24. The Morgan fingerprint density at radius 1 is 1.45 bits per heavy atom. The highest BCUT2D eigenvalue weighted by atomic mass is 35.5. The third-order valence-electron chi connectivity index (χ3n) is 3.84. The van der Waals surface area contributed by atoms with Crippen LogP contribution >= 0.6 is 12.4 Å². The fraction of sp³-hybridized carbons (Fsp3) is 0.533. The molecule has 2 atom stereocenters. The first-order valence-corrected chi connectivity index (χ1v) is 6.84. The molecule has 0 aromatic heterocycles. The van der Waals surface area contributed by atoms with Gasteiger partial charge in [-0.1, -0.05) is 6.07 Å². The second-order valence-electron chi connectivity index (χ2n) is 5.38. The van der Waals surface area contributed by atoms with Gasteiger partial charge in [-0.25, -0.2) is 4.39 Å². The van der Waals surface area contributed by atoms with Crippen LogP contribution in [0.5, 0.6) is 0 Å². The molecular weight excluding hydrogens is 279 g/mol. The fourth-order valence-electron chi connectivity index (χ4n) is 2.66. The van der Waals surface area contributed by atoms with Gasteiger partial charge in [0.05, 0.1) is 0 Å². The maximum Gasteiger partial charge on any atom is 0.223 e. The highest BCUT2D eigenvalue weighted by Gasteiger charge is 2.27. The summed E-state index contributed by atoms with van der Waals surface area (Å²) in [5.74, 6) is -0.0396. The number of rotatable bonds is 4. The Balaban J connectivity index is 0.00000200. The van der Waals surface area contributed by atoms with E-state index in [1.807, 2.05) is 6.92 Å². The Morgan fingerprint density at radius 2 is 2.20 bits per heavy atom. The first-order chi connectivity index (χ1) is 9.06. The molecule has 1 aliphatic carbocycles. The third kappa shape index (κ3) is 4.46. The van der Waals surface area contributed by atoms with Gasteiger partial charge in [0.15, 0.2) is 0 Å². The second kappa shape index (κ2) is 7.60. The average molecular weight is 301 g/mol. The van der Waals surface area contributed by atoms with Crippen molar-refractivity contribution < 1.29 is 9.18 Å². The van der Waals surface area contributed by atoms with E-state index in [0.717, 1.165) is 36.8 Å². The van der Waals surface area contributed by atoms with Crippen LogP contribution in [0.4, 0.5) is 4.39 Å². The molecule has 1 aromatic carbocycles. The normalized spacial score (nSPS) is 21.4. The standard InChI is InChI=1S/C15H21FN2O.ClH/c1-10-8-13(16)4-2-11(10)6-7-18-15(19)12-3-5-14(17)9-12;/h2,4,8,12,14H,3,5-7,9,17H2,1H3,(H,18,19);1H. The first-order valence-electron chi connectivity index (χ1n) is 6.84. The molecule has 1 saturated carbocycles. The van der Waals surface area contributed by atoms with Crippen molar-refractivity contribution in [2.24, 2.45) is 11.7 Å². The Bertz CT molecular complexity index is 467. The van der Waals surface area contributed by atoms with Gasteiger partial charge in [-0.15, -0.1) is 12.4 Å². The van der Waals surface area contributed by atoms with Crippen LogP contribution in [0.15, 0.2) is 18.2 Å². The lowest BCUT2D eigenvalue weighted by Gasteiger charge is -2.11. The minimum absolute atomic E-state index is 0. The van der Waals surface area contributed by atoms with Gasteiger partial charge in [0.1, 0.15) is 5.82 Å². The molecule has 1 fully saturated rings. The molecule has 0 radical (unpaired) electrons. The van der Waals surface area contributed by atoms with E-state index < -0.39 is 0 Å². The molecule has 0 aliphatic heterocycles. The maximum absolute atomic E-state index is 13.0. The molecule has 112 valence electrons. The van der Waals surface area contributed by atoms with Crippen molar-refractivity contribution in [3.8, 4) is 0 Å². The van der Waals surface area contributed by atoms with Gasteiger partial charge >= 0.3 is 0 Å². The molecule has 1 amide bonds. The summed E-state index contributed by atoms with van der Waals surface area (Å²) in [7, 11) is 0. The molecule has 0 bridgehead atoms. The largest absolute Gasteiger partial charge is 0.356 e. The zero-order valence-corrected chi connectivity index (χ0v) is 12.5. The molecule has 20 heavy (non-hydrogen) atoms. The van der Waals surface area contributed by atoms with Crippen molar-refractivity contribution in [2.45, 2.75) is 38.6 Å². The van der Waals surface area contributed by atoms with E-state index in [4.69, 9.17) is 5.73 Å². The van der Waals surface area contributed by atoms with E-state index in [-0.39, 0.29) is 36.1 Å². The van der Waals surface area contributed by atoms with E-state index in [1.54, 1.807) is 6.07 Å². The number of nitrogens with two attached hydrogens (primary N) is 1. The summed E-state index contributed by atoms with van der Waals surface area (Å²) >= 11 is 0. The van der Waals surface area contributed by atoms with Crippen LogP contribution in [0.2, 0.25) is 0 Å². The van der Waals surface area contributed by atoms with Crippen molar-refractivity contribution in [1.29, 1.82) is 0 Å². The van der Waals surface area contributed by atoms with E-state index in [1.165, 1.54) is 12.1 Å². The molecule has 3 nitrogen and oxygen atoms in total. The predicted molar refractivity (Wildman–Crippen MR) is 80.4 cm³/mol. The number of hydrogen-bond acceptors (Lipinski definition) is 2.